The fraction of sp³-hybridized carbons (Fsp3) is 0.125. The van der Waals surface area contributed by atoms with Crippen molar-refractivity contribution in [1.82, 2.24) is 0 Å². The molecule has 11 aromatic carbocycles. The van der Waals surface area contributed by atoms with Gasteiger partial charge in [0.25, 0.3) is 0 Å². The average molecular weight is 817 g/mol. The van der Waals surface area contributed by atoms with Crippen molar-refractivity contribution in [3.05, 3.63) is 217 Å². The van der Waals surface area contributed by atoms with E-state index in [9.17, 15) is 0 Å². The number of hydrogen-bond donors (Lipinski definition) is 0. The quantitative estimate of drug-likeness (QED) is 0.152. The van der Waals surface area contributed by atoms with E-state index in [0.717, 1.165) is 0 Å². The highest BCUT2D eigenvalue weighted by Gasteiger charge is 2.61. The maximum atomic E-state index is 2.58. The van der Waals surface area contributed by atoms with Gasteiger partial charge in [0, 0.05) is 0 Å². The molecule has 0 spiro atoms. The van der Waals surface area contributed by atoms with Gasteiger partial charge in [-0.1, -0.05) is 215 Å². The monoisotopic (exact) mass is 816 g/mol. The minimum atomic E-state index is 0.0568. The van der Waals surface area contributed by atoms with Gasteiger partial charge >= 0.3 is 0 Å². The Morgan fingerprint density at radius 2 is 0.766 bits per heavy atom. The zero-order chi connectivity index (χ0) is 42.7. The fourth-order valence-corrected chi connectivity index (χ4v) is 12.7. The van der Waals surface area contributed by atoms with Gasteiger partial charge in [-0.2, -0.15) is 0 Å². The normalized spacial score (nSPS) is 17.5. The van der Waals surface area contributed by atoms with Crippen LogP contribution in [0.5, 0.6) is 0 Å². The first-order valence-corrected chi connectivity index (χ1v) is 23.1. The molecule has 0 amide bonds. The third-order valence-electron chi connectivity index (χ3n) is 16.1. The van der Waals surface area contributed by atoms with Gasteiger partial charge in [-0.3, -0.25) is 0 Å². The van der Waals surface area contributed by atoms with Crippen LogP contribution in [0.3, 0.4) is 0 Å². The lowest BCUT2D eigenvalue weighted by Gasteiger charge is -2.37. The van der Waals surface area contributed by atoms with Crippen LogP contribution in [0.15, 0.2) is 206 Å². The Bertz CT molecular complexity index is 3690. The van der Waals surface area contributed by atoms with Crippen molar-refractivity contribution in [2.75, 3.05) is 0 Å². The zero-order valence-corrected chi connectivity index (χ0v) is 36.6. The summed E-state index contributed by atoms with van der Waals surface area (Å²) in [7, 11) is 0. The van der Waals surface area contributed by atoms with Crippen LogP contribution in [0.2, 0.25) is 0 Å². The summed E-state index contributed by atoms with van der Waals surface area (Å²) in [6.45, 7) is 7.66. The van der Waals surface area contributed by atoms with Crippen molar-refractivity contribution in [1.29, 1.82) is 0 Å². The van der Waals surface area contributed by atoms with Crippen LogP contribution in [0.1, 0.15) is 50.7 Å². The van der Waals surface area contributed by atoms with Gasteiger partial charge in [0.15, 0.2) is 0 Å². The van der Waals surface area contributed by atoms with Gasteiger partial charge in [0.05, 0.1) is 0 Å². The van der Waals surface area contributed by atoms with Crippen LogP contribution in [-0.4, -0.2) is 0 Å². The molecule has 0 aromatic heterocycles. The molecule has 0 heterocycles. The van der Waals surface area contributed by atoms with E-state index in [0.29, 0.717) is 5.92 Å². The van der Waals surface area contributed by atoms with Crippen molar-refractivity contribution >= 4 is 53.9 Å². The average Bonchev–Trinajstić information content (AvgIpc) is 3.68. The molecule has 0 saturated heterocycles. The van der Waals surface area contributed by atoms with E-state index in [2.05, 4.69) is 227 Å². The van der Waals surface area contributed by atoms with Crippen LogP contribution >= 0.6 is 0 Å². The summed E-state index contributed by atoms with van der Waals surface area (Å²) in [4.78, 5) is 0. The minimum absolute atomic E-state index is 0.0568. The molecule has 11 aromatic rings. The predicted molar refractivity (Wildman–Crippen MR) is 274 cm³/mol. The van der Waals surface area contributed by atoms with Crippen molar-refractivity contribution < 1.29 is 0 Å². The molecular weight excluding hydrogens is 769 g/mol. The van der Waals surface area contributed by atoms with E-state index in [1.807, 2.05) is 0 Å². The van der Waals surface area contributed by atoms with E-state index < -0.39 is 0 Å². The number of benzene rings is 11. The van der Waals surface area contributed by atoms with Crippen molar-refractivity contribution in [2.45, 2.75) is 44.9 Å². The molecule has 2 bridgehead atoms. The highest BCUT2D eigenvalue weighted by molar-refractivity contribution is 6.26. The van der Waals surface area contributed by atoms with Crippen molar-refractivity contribution in [2.24, 2.45) is 5.41 Å². The lowest BCUT2D eigenvalue weighted by molar-refractivity contribution is 0.231. The third-order valence-corrected chi connectivity index (χ3v) is 16.1. The van der Waals surface area contributed by atoms with E-state index in [1.165, 1.54) is 122 Å². The molecule has 13 rings (SSSR count). The van der Waals surface area contributed by atoms with E-state index >= 15 is 0 Å². The topological polar surface area (TPSA) is 0 Å². The molecule has 2 aliphatic rings. The maximum Gasteiger partial charge on any atom is -0.000867 e. The SMILES string of the molecule is CC12CCC(c3c1c(-c1ccccc1)c1cc(-c4ccc5c(-c6cccc7ccccc67)c6ccccc6c(-c6cccc7ccccc67)c5c4)ccc1c3-c1ccccc1)C2(C)C. The van der Waals surface area contributed by atoms with Gasteiger partial charge in [-0.25, -0.2) is 0 Å². The highest BCUT2D eigenvalue weighted by atomic mass is 14.6. The Morgan fingerprint density at radius 3 is 1.33 bits per heavy atom. The molecule has 0 nitrogen and oxygen atoms in total. The van der Waals surface area contributed by atoms with Gasteiger partial charge in [-0.05, 0) is 162 Å². The molecule has 1 saturated carbocycles. The Kier molecular flexibility index (Phi) is 8.08. The molecule has 64 heavy (non-hydrogen) atoms. The van der Waals surface area contributed by atoms with E-state index in [1.54, 1.807) is 11.1 Å². The first kappa shape index (κ1) is 37.3. The smallest absolute Gasteiger partial charge is 0.000867 e. The number of fused-ring (bicyclic) bond motifs is 10. The minimum Gasteiger partial charge on any atom is -0.0622 e. The van der Waals surface area contributed by atoms with Crippen LogP contribution < -0.4 is 0 Å². The Hall–Kier alpha value is -7.28. The predicted octanol–water partition coefficient (Wildman–Crippen LogP) is 18.0. The molecule has 304 valence electrons. The molecule has 1 fully saturated rings. The summed E-state index contributed by atoms with van der Waals surface area (Å²) in [5.41, 5.74) is 16.4. The van der Waals surface area contributed by atoms with Crippen LogP contribution in [0, 0.1) is 5.41 Å². The Morgan fingerprint density at radius 1 is 0.344 bits per heavy atom. The largest absolute Gasteiger partial charge is 0.0622 e. The van der Waals surface area contributed by atoms with E-state index in [-0.39, 0.29) is 10.8 Å². The maximum absolute atomic E-state index is 2.58. The van der Waals surface area contributed by atoms with E-state index in [4.69, 9.17) is 0 Å². The fourth-order valence-electron chi connectivity index (χ4n) is 12.7. The Labute approximate surface area is 375 Å². The second-order valence-corrected chi connectivity index (χ2v) is 19.3. The molecule has 2 unspecified atom stereocenters. The molecular formula is C64H48. The second-order valence-electron chi connectivity index (χ2n) is 19.3. The van der Waals surface area contributed by atoms with Gasteiger partial charge in [-0.15, -0.1) is 0 Å². The summed E-state index contributed by atoms with van der Waals surface area (Å²) >= 11 is 0. The molecule has 2 atom stereocenters. The highest BCUT2D eigenvalue weighted by Crippen LogP contribution is 2.71. The number of rotatable bonds is 5. The van der Waals surface area contributed by atoms with Gasteiger partial charge in [0.1, 0.15) is 0 Å². The molecule has 0 heteroatoms. The summed E-state index contributed by atoms with van der Waals surface area (Å²) in [6, 6.07) is 77.6. The summed E-state index contributed by atoms with van der Waals surface area (Å²) in [5.74, 6) is 0.507. The van der Waals surface area contributed by atoms with Crippen LogP contribution in [-0.2, 0) is 5.41 Å². The molecule has 2 aliphatic carbocycles. The van der Waals surface area contributed by atoms with Crippen LogP contribution in [0.4, 0.5) is 0 Å². The number of hydrogen-bond acceptors (Lipinski definition) is 0. The molecule has 0 N–H and O–H groups in total. The first-order valence-electron chi connectivity index (χ1n) is 23.1. The third kappa shape index (κ3) is 5.17. The van der Waals surface area contributed by atoms with Crippen molar-refractivity contribution in [3.63, 3.8) is 0 Å². The Balaban J connectivity index is 1.15. The van der Waals surface area contributed by atoms with Gasteiger partial charge in [0.2, 0.25) is 0 Å². The standard InChI is InChI=1S/C64H48/c1-63(2)56-36-37-64(63,3)62-58(43-22-8-5-9-23-43)54-38-44(32-34-52(54)57(61(56)62)42-20-6-4-7-21-42)45-33-35-53-55(39-45)60(49-31-17-25-41-19-11-13-27-47(41)49)51-29-15-14-28-50(51)59(53)48-30-16-24-40-18-10-12-26-46(40)48/h4-35,38-39,56H,36-37H2,1-3H3. The van der Waals surface area contributed by atoms with Crippen LogP contribution in [0.25, 0.3) is 109 Å². The lowest BCUT2D eigenvalue weighted by Crippen LogP contribution is -2.31. The summed E-state index contributed by atoms with van der Waals surface area (Å²) < 4.78 is 0. The molecule has 0 aliphatic heterocycles. The molecule has 0 radical (unpaired) electrons. The van der Waals surface area contributed by atoms with Crippen molar-refractivity contribution in [3.8, 4) is 55.6 Å². The summed E-state index contributed by atoms with van der Waals surface area (Å²) in [6.07, 6.45) is 2.45. The first-order chi connectivity index (χ1) is 31.4. The summed E-state index contributed by atoms with van der Waals surface area (Å²) in [5, 5.41) is 12.8. The second kappa shape index (κ2) is 13.9. The zero-order valence-electron chi connectivity index (χ0n) is 36.6. The van der Waals surface area contributed by atoms with Gasteiger partial charge < -0.3 is 0 Å². The lowest BCUT2D eigenvalue weighted by atomic mass is 9.67.